The maximum atomic E-state index is 12.4. The molecular weight excluding hydrogens is 388 g/mol. The van der Waals surface area contributed by atoms with Gasteiger partial charge in [-0.05, 0) is 26.0 Å². The van der Waals surface area contributed by atoms with Crippen molar-refractivity contribution in [1.82, 2.24) is 14.8 Å². The summed E-state index contributed by atoms with van der Waals surface area (Å²) in [6.45, 7) is 4.04. The van der Waals surface area contributed by atoms with Crippen molar-refractivity contribution in [3.63, 3.8) is 0 Å². The van der Waals surface area contributed by atoms with Crippen LogP contribution < -0.4 is 5.32 Å². The molecule has 0 spiro atoms. The standard InChI is InChI=1S/C21H22N4O3S/c1-4-28-20(27)16-7-5-6-8-17(16)22-18(26)13-29-21-24-23-19(25(21)3)15-11-9-14(2)10-12-15/h5-12H,4,13H2,1-3H3,(H,22,26). The Labute approximate surface area is 173 Å². The molecule has 2 aromatic carbocycles. The molecule has 1 heterocycles. The number of amides is 1. The number of carbonyl (C=O) groups is 2. The number of ether oxygens (including phenoxy) is 1. The third kappa shape index (κ3) is 5.03. The van der Waals surface area contributed by atoms with Gasteiger partial charge in [-0.15, -0.1) is 10.2 Å². The quantitative estimate of drug-likeness (QED) is 0.472. The third-order valence-electron chi connectivity index (χ3n) is 4.17. The molecule has 150 valence electrons. The van der Waals surface area contributed by atoms with Crippen LogP contribution in [-0.2, 0) is 16.6 Å². The first-order chi connectivity index (χ1) is 14.0. The fourth-order valence-electron chi connectivity index (χ4n) is 2.69. The Morgan fingerprint density at radius 3 is 2.55 bits per heavy atom. The molecule has 0 fully saturated rings. The number of carbonyl (C=O) groups excluding carboxylic acids is 2. The smallest absolute Gasteiger partial charge is 0.340 e. The fourth-order valence-corrected chi connectivity index (χ4v) is 3.40. The number of aromatic nitrogens is 3. The van der Waals surface area contributed by atoms with Crippen LogP contribution in [0.25, 0.3) is 11.4 Å². The average molecular weight is 410 g/mol. The van der Waals surface area contributed by atoms with Gasteiger partial charge in [-0.3, -0.25) is 4.79 Å². The van der Waals surface area contributed by atoms with E-state index in [1.165, 1.54) is 17.3 Å². The number of aryl methyl sites for hydroxylation is 1. The number of rotatable bonds is 7. The Kier molecular flexibility index (Phi) is 6.66. The van der Waals surface area contributed by atoms with Gasteiger partial charge in [-0.2, -0.15) is 0 Å². The third-order valence-corrected chi connectivity index (χ3v) is 5.19. The number of hydrogen-bond acceptors (Lipinski definition) is 6. The average Bonchev–Trinajstić information content (AvgIpc) is 3.08. The number of esters is 1. The zero-order valence-corrected chi connectivity index (χ0v) is 17.3. The van der Waals surface area contributed by atoms with Crippen LogP contribution in [-0.4, -0.2) is 39.0 Å². The van der Waals surface area contributed by atoms with Crippen molar-refractivity contribution >= 4 is 29.3 Å². The van der Waals surface area contributed by atoms with E-state index < -0.39 is 5.97 Å². The summed E-state index contributed by atoms with van der Waals surface area (Å²) < 4.78 is 6.89. The van der Waals surface area contributed by atoms with Gasteiger partial charge in [-0.1, -0.05) is 53.7 Å². The Bertz CT molecular complexity index is 1020. The van der Waals surface area contributed by atoms with Crippen molar-refractivity contribution in [3.8, 4) is 11.4 Å². The predicted octanol–water partition coefficient (Wildman–Crippen LogP) is 3.70. The molecule has 0 bridgehead atoms. The number of hydrogen-bond donors (Lipinski definition) is 1. The predicted molar refractivity (Wildman–Crippen MR) is 113 cm³/mol. The summed E-state index contributed by atoms with van der Waals surface area (Å²) in [7, 11) is 1.87. The molecule has 29 heavy (non-hydrogen) atoms. The molecule has 3 rings (SSSR count). The van der Waals surface area contributed by atoms with E-state index in [9.17, 15) is 9.59 Å². The number of nitrogens with zero attached hydrogens (tertiary/aromatic N) is 3. The molecule has 0 aliphatic carbocycles. The van der Waals surface area contributed by atoms with E-state index >= 15 is 0 Å². The van der Waals surface area contributed by atoms with E-state index in [4.69, 9.17) is 4.74 Å². The maximum Gasteiger partial charge on any atom is 0.340 e. The molecular formula is C21H22N4O3S. The fraction of sp³-hybridized carbons (Fsp3) is 0.238. The number of nitrogens with one attached hydrogen (secondary N) is 1. The topological polar surface area (TPSA) is 86.1 Å². The second-order valence-electron chi connectivity index (χ2n) is 6.33. The molecule has 1 N–H and O–H groups in total. The number of para-hydroxylation sites is 1. The van der Waals surface area contributed by atoms with Gasteiger partial charge in [-0.25, -0.2) is 4.79 Å². The van der Waals surface area contributed by atoms with Crippen LogP contribution in [0, 0.1) is 6.92 Å². The monoisotopic (exact) mass is 410 g/mol. The number of thioether (sulfide) groups is 1. The summed E-state index contributed by atoms with van der Waals surface area (Å²) in [6.07, 6.45) is 0. The van der Waals surface area contributed by atoms with Crippen molar-refractivity contribution in [2.45, 2.75) is 19.0 Å². The molecule has 1 aromatic heterocycles. The largest absolute Gasteiger partial charge is 0.462 e. The van der Waals surface area contributed by atoms with Gasteiger partial charge in [0.25, 0.3) is 0 Å². The molecule has 3 aromatic rings. The van der Waals surface area contributed by atoms with Crippen molar-refractivity contribution in [2.75, 3.05) is 17.7 Å². The Morgan fingerprint density at radius 1 is 1.10 bits per heavy atom. The molecule has 0 aliphatic rings. The first-order valence-corrected chi connectivity index (χ1v) is 10.1. The Morgan fingerprint density at radius 2 is 1.83 bits per heavy atom. The molecule has 0 unspecified atom stereocenters. The SMILES string of the molecule is CCOC(=O)c1ccccc1NC(=O)CSc1nnc(-c2ccc(C)cc2)n1C. The second-order valence-corrected chi connectivity index (χ2v) is 7.28. The molecule has 0 saturated heterocycles. The van der Waals surface area contributed by atoms with Crippen LogP contribution in [0.15, 0.2) is 53.7 Å². The summed E-state index contributed by atoms with van der Waals surface area (Å²) in [5.41, 5.74) is 2.89. The molecule has 1 amide bonds. The molecule has 0 atom stereocenters. The van der Waals surface area contributed by atoms with E-state index in [1.807, 2.05) is 42.8 Å². The van der Waals surface area contributed by atoms with Gasteiger partial charge < -0.3 is 14.6 Å². The minimum Gasteiger partial charge on any atom is -0.462 e. The summed E-state index contributed by atoms with van der Waals surface area (Å²) in [5, 5.41) is 11.8. The van der Waals surface area contributed by atoms with Crippen molar-refractivity contribution in [1.29, 1.82) is 0 Å². The minimum absolute atomic E-state index is 0.136. The zero-order chi connectivity index (χ0) is 20.8. The van der Waals surface area contributed by atoms with E-state index in [0.29, 0.717) is 16.4 Å². The highest BCUT2D eigenvalue weighted by Crippen LogP contribution is 2.23. The summed E-state index contributed by atoms with van der Waals surface area (Å²) in [4.78, 5) is 24.4. The lowest BCUT2D eigenvalue weighted by atomic mass is 10.1. The normalized spacial score (nSPS) is 10.6. The first-order valence-electron chi connectivity index (χ1n) is 9.14. The first kappa shape index (κ1) is 20.6. The van der Waals surface area contributed by atoms with Crippen LogP contribution in [0.3, 0.4) is 0 Å². The van der Waals surface area contributed by atoms with Gasteiger partial charge >= 0.3 is 5.97 Å². The van der Waals surface area contributed by atoms with Crippen molar-refractivity contribution in [3.05, 3.63) is 59.7 Å². The van der Waals surface area contributed by atoms with Gasteiger partial charge in [0, 0.05) is 12.6 Å². The highest BCUT2D eigenvalue weighted by molar-refractivity contribution is 7.99. The van der Waals surface area contributed by atoms with Gasteiger partial charge in [0.1, 0.15) is 0 Å². The summed E-state index contributed by atoms with van der Waals surface area (Å²) in [6, 6.07) is 14.8. The van der Waals surface area contributed by atoms with E-state index in [1.54, 1.807) is 31.2 Å². The van der Waals surface area contributed by atoms with E-state index in [2.05, 4.69) is 15.5 Å². The zero-order valence-electron chi connectivity index (χ0n) is 16.5. The lowest BCUT2D eigenvalue weighted by Crippen LogP contribution is -2.17. The molecule has 7 nitrogen and oxygen atoms in total. The Hall–Kier alpha value is -3.13. The minimum atomic E-state index is -0.466. The summed E-state index contributed by atoms with van der Waals surface area (Å²) in [5.74, 6) is 0.163. The molecule has 0 radical (unpaired) electrons. The van der Waals surface area contributed by atoms with Crippen LogP contribution in [0.4, 0.5) is 5.69 Å². The summed E-state index contributed by atoms with van der Waals surface area (Å²) >= 11 is 1.28. The van der Waals surface area contributed by atoms with Gasteiger partial charge in [0.2, 0.25) is 5.91 Å². The van der Waals surface area contributed by atoms with Crippen LogP contribution >= 0.6 is 11.8 Å². The van der Waals surface area contributed by atoms with Crippen molar-refractivity contribution < 1.29 is 14.3 Å². The lowest BCUT2D eigenvalue weighted by Gasteiger charge is -2.10. The Balaban J connectivity index is 1.65. The highest BCUT2D eigenvalue weighted by atomic mass is 32.2. The van der Waals surface area contributed by atoms with E-state index in [0.717, 1.165) is 11.4 Å². The van der Waals surface area contributed by atoms with Crippen LogP contribution in [0.2, 0.25) is 0 Å². The van der Waals surface area contributed by atoms with E-state index in [-0.39, 0.29) is 18.3 Å². The number of benzene rings is 2. The van der Waals surface area contributed by atoms with Crippen LogP contribution in [0.1, 0.15) is 22.8 Å². The maximum absolute atomic E-state index is 12.4. The highest BCUT2D eigenvalue weighted by Gasteiger charge is 2.16. The molecule has 8 heteroatoms. The second kappa shape index (κ2) is 9.38. The van der Waals surface area contributed by atoms with Crippen molar-refractivity contribution in [2.24, 2.45) is 7.05 Å². The van der Waals surface area contributed by atoms with Crippen LogP contribution in [0.5, 0.6) is 0 Å². The van der Waals surface area contributed by atoms with Gasteiger partial charge in [0.05, 0.1) is 23.6 Å². The van der Waals surface area contributed by atoms with Gasteiger partial charge in [0.15, 0.2) is 11.0 Å². The lowest BCUT2D eigenvalue weighted by molar-refractivity contribution is -0.113. The molecule has 0 aliphatic heterocycles. The number of anilines is 1. The molecule has 0 saturated carbocycles.